The molecule has 1 aromatic heterocycles. The number of carbonyl (C=O) groups is 1. The highest BCUT2D eigenvalue weighted by atomic mass is 16.1. The zero-order valence-electron chi connectivity index (χ0n) is 18.6. The maximum atomic E-state index is 12.6. The molecule has 0 atom stereocenters. The minimum atomic E-state index is -0.153. The van der Waals surface area contributed by atoms with Crippen LogP contribution in [0.5, 0.6) is 0 Å². The second kappa shape index (κ2) is 10.9. The summed E-state index contributed by atoms with van der Waals surface area (Å²) >= 11 is 0. The summed E-state index contributed by atoms with van der Waals surface area (Å²) in [7, 11) is 2.19. The van der Waals surface area contributed by atoms with E-state index in [1.54, 1.807) is 18.3 Å². The lowest BCUT2D eigenvalue weighted by Crippen LogP contribution is -2.44. The number of amides is 1. The monoisotopic (exact) mass is 429 g/mol. The molecular formula is C26H31N5O. The number of aryl methyl sites for hydroxylation is 1. The Morgan fingerprint density at radius 2 is 1.78 bits per heavy atom. The molecule has 2 N–H and O–H groups in total. The van der Waals surface area contributed by atoms with Crippen LogP contribution in [0.2, 0.25) is 0 Å². The molecule has 2 heterocycles. The summed E-state index contributed by atoms with van der Waals surface area (Å²) in [5.41, 5.74) is 3.54. The van der Waals surface area contributed by atoms with E-state index in [0.29, 0.717) is 17.1 Å². The molecule has 166 valence electrons. The highest BCUT2D eigenvalue weighted by Crippen LogP contribution is 2.24. The molecule has 2 aromatic carbocycles. The van der Waals surface area contributed by atoms with Gasteiger partial charge in [0.2, 0.25) is 0 Å². The number of nitrogens with zero attached hydrogens (tertiary/aromatic N) is 3. The number of nitrogens with one attached hydrogen (secondary N) is 2. The van der Waals surface area contributed by atoms with E-state index >= 15 is 0 Å². The molecule has 1 amide bonds. The van der Waals surface area contributed by atoms with Crippen molar-refractivity contribution in [2.75, 3.05) is 50.4 Å². The summed E-state index contributed by atoms with van der Waals surface area (Å²) in [5, 5.41) is 6.34. The second-order valence-electron chi connectivity index (χ2n) is 8.29. The molecule has 1 fully saturated rings. The van der Waals surface area contributed by atoms with Crippen LogP contribution in [0.25, 0.3) is 0 Å². The highest BCUT2D eigenvalue weighted by molar-refractivity contribution is 6.05. The summed E-state index contributed by atoms with van der Waals surface area (Å²) in [6.07, 6.45) is 3.91. The average molecular weight is 430 g/mol. The molecule has 0 spiro atoms. The van der Waals surface area contributed by atoms with Crippen molar-refractivity contribution >= 4 is 23.1 Å². The van der Waals surface area contributed by atoms with Gasteiger partial charge in [-0.25, -0.2) is 4.98 Å². The number of anilines is 3. The van der Waals surface area contributed by atoms with Crippen molar-refractivity contribution in [3.05, 3.63) is 84.1 Å². The van der Waals surface area contributed by atoms with Crippen LogP contribution in [0.1, 0.15) is 22.3 Å². The lowest BCUT2D eigenvalue weighted by Gasteiger charge is -2.32. The predicted molar refractivity (Wildman–Crippen MR) is 131 cm³/mol. The van der Waals surface area contributed by atoms with Gasteiger partial charge in [0, 0.05) is 43.6 Å². The fourth-order valence-electron chi connectivity index (χ4n) is 3.91. The fraction of sp³-hybridized carbons (Fsp3) is 0.308. The van der Waals surface area contributed by atoms with Gasteiger partial charge in [0.25, 0.3) is 5.91 Å². The van der Waals surface area contributed by atoms with E-state index in [1.807, 2.05) is 36.4 Å². The van der Waals surface area contributed by atoms with E-state index in [4.69, 9.17) is 0 Å². The summed E-state index contributed by atoms with van der Waals surface area (Å²) < 4.78 is 0. The first-order valence-corrected chi connectivity index (χ1v) is 11.3. The van der Waals surface area contributed by atoms with E-state index < -0.39 is 0 Å². The molecule has 1 saturated heterocycles. The van der Waals surface area contributed by atoms with Gasteiger partial charge < -0.3 is 20.4 Å². The SMILES string of the molecule is CN1CCN(CCCc2cccc(Nc3ncccc3NC(=O)c3ccccc3)c2)CC1. The fourth-order valence-corrected chi connectivity index (χ4v) is 3.91. The normalized spacial score (nSPS) is 14.8. The van der Waals surface area contributed by atoms with Crippen LogP contribution in [0.15, 0.2) is 72.9 Å². The second-order valence-corrected chi connectivity index (χ2v) is 8.29. The summed E-state index contributed by atoms with van der Waals surface area (Å²) in [5.74, 6) is 0.477. The summed E-state index contributed by atoms with van der Waals surface area (Å²) in [6.45, 7) is 5.78. The van der Waals surface area contributed by atoms with Gasteiger partial charge in [0.1, 0.15) is 0 Å². The molecule has 0 radical (unpaired) electrons. The maximum absolute atomic E-state index is 12.6. The van der Waals surface area contributed by atoms with Gasteiger partial charge in [-0.2, -0.15) is 0 Å². The largest absolute Gasteiger partial charge is 0.338 e. The molecule has 3 aromatic rings. The lowest BCUT2D eigenvalue weighted by molar-refractivity contribution is 0.102. The lowest BCUT2D eigenvalue weighted by atomic mass is 10.1. The number of piperazine rings is 1. The van der Waals surface area contributed by atoms with Gasteiger partial charge >= 0.3 is 0 Å². The summed E-state index contributed by atoms with van der Waals surface area (Å²) in [4.78, 5) is 22.0. The number of aromatic nitrogens is 1. The Bertz CT molecular complexity index is 1020. The van der Waals surface area contributed by atoms with E-state index in [9.17, 15) is 4.79 Å². The molecule has 6 heteroatoms. The molecule has 4 rings (SSSR count). The smallest absolute Gasteiger partial charge is 0.255 e. The molecular weight excluding hydrogens is 398 g/mol. The van der Waals surface area contributed by atoms with Crippen molar-refractivity contribution in [3.8, 4) is 0 Å². The molecule has 0 bridgehead atoms. The molecule has 1 aliphatic heterocycles. The topological polar surface area (TPSA) is 60.5 Å². The van der Waals surface area contributed by atoms with Crippen LogP contribution >= 0.6 is 0 Å². The number of carbonyl (C=O) groups excluding carboxylic acids is 1. The zero-order chi connectivity index (χ0) is 22.2. The number of rotatable bonds is 8. The average Bonchev–Trinajstić information content (AvgIpc) is 2.82. The third-order valence-corrected chi connectivity index (χ3v) is 5.82. The van der Waals surface area contributed by atoms with Crippen LogP contribution in [0.4, 0.5) is 17.2 Å². The van der Waals surface area contributed by atoms with Gasteiger partial charge in [-0.15, -0.1) is 0 Å². The molecule has 6 nitrogen and oxygen atoms in total. The van der Waals surface area contributed by atoms with Crippen LogP contribution in [-0.4, -0.2) is 60.5 Å². The Kier molecular flexibility index (Phi) is 7.48. The molecule has 32 heavy (non-hydrogen) atoms. The molecule has 0 unspecified atom stereocenters. The first-order chi connectivity index (χ1) is 15.7. The third-order valence-electron chi connectivity index (χ3n) is 5.82. The van der Waals surface area contributed by atoms with Crippen molar-refractivity contribution in [3.63, 3.8) is 0 Å². The van der Waals surface area contributed by atoms with E-state index in [2.05, 4.69) is 50.7 Å². The molecule has 0 aliphatic carbocycles. The van der Waals surface area contributed by atoms with Crippen molar-refractivity contribution in [1.82, 2.24) is 14.8 Å². The van der Waals surface area contributed by atoms with Crippen LogP contribution in [0, 0.1) is 0 Å². The number of pyridine rings is 1. The van der Waals surface area contributed by atoms with Crippen molar-refractivity contribution in [2.24, 2.45) is 0 Å². The summed E-state index contributed by atoms with van der Waals surface area (Å²) in [6, 6.07) is 21.3. The van der Waals surface area contributed by atoms with Crippen molar-refractivity contribution in [1.29, 1.82) is 0 Å². The van der Waals surface area contributed by atoms with Gasteiger partial charge in [-0.3, -0.25) is 4.79 Å². The Balaban J connectivity index is 1.36. The predicted octanol–water partition coefficient (Wildman–Crippen LogP) is 4.26. The third kappa shape index (κ3) is 6.15. The molecule has 1 aliphatic rings. The Hall–Kier alpha value is -3.22. The minimum absolute atomic E-state index is 0.153. The zero-order valence-corrected chi connectivity index (χ0v) is 18.6. The minimum Gasteiger partial charge on any atom is -0.338 e. The van der Waals surface area contributed by atoms with E-state index in [-0.39, 0.29) is 5.91 Å². The maximum Gasteiger partial charge on any atom is 0.255 e. The van der Waals surface area contributed by atoms with Crippen LogP contribution in [0.3, 0.4) is 0 Å². The number of benzene rings is 2. The Morgan fingerprint density at radius 3 is 2.59 bits per heavy atom. The van der Waals surface area contributed by atoms with E-state index in [1.165, 1.54) is 5.56 Å². The van der Waals surface area contributed by atoms with Gasteiger partial charge in [-0.1, -0.05) is 30.3 Å². The number of hydrogen-bond donors (Lipinski definition) is 2. The number of hydrogen-bond acceptors (Lipinski definition) is 5. The highest BCUT2D eigenvalue weighted by Gasteiger charge is 2.13. The number of likely N-dealkylation sites (N-methyl/N-ethyl adjacent to an activating group) is 1. The Morgan fingerprint density at radius 1 is 0.969 bits per heavy atom. The Labute approximate surface area is 190 Å². The van der Waals surface area contributed by atoms with Gasteiger partial charge in [0.15, 0.2) is 5.82 Å². The van der Waals surface area contributed by atoms with Gasteiger partial charge in [-0.05, 0) is 68.4 Å². The van der Waals surface area contributed by atoms with Crippen molar-refractivity contribution in [2.45, 2.75) is 12.8 Å². The van der Waals surface area contributed by atoms with Crippen LogP contribution in [-0.2, 0) is 6.42 Å². The first kappa shape index (κ1) is 22.0. The van der Waals surface area contributed by atoms with Gasteiger partial charge in [0.05, 0.1) is 5.69 Å². The molecule has 0 saturated carbocycles. The first-order valence-electron chi connectivity index (χ1n) is 11.3. The van der Waals surface area contributed by atoms with Crippen LogP contribution < -0.4 is 10.6 Å². The quantitative estimate of drug-likeness (QED) is 0.560. The van der Waals surface area contributed by atoms with Crippen molar-refractivity contribution < 1.29 is 4.79 Å². The standard InChI is InChI=1S/C26H31N5O/c1-30-16-18-31(19-17-30)15-7-9-21-8-5-12-23(20-21)28-25-24(13-6-14-27-25)29-26(32)22-10-3-2-4-11-22/h2-6,8,10-14,20H,7,9,15-19H2,1H3,(H,27,28)(H,29,32). The van der Waals surface area contributed by atoms with E-state index in [0.717, 1.165) is 51.3 Å².